The molecule has 0 aromatic heterocycles. The van der Waals surface area contributed by atoms with E-state index in [1.165, 1.54) is 12.1 Å². The van der Waals surface area contributed by atoms with Crippen LogP contribution < -0.4 is 15.8 Å². The zero-order valence-electron chi connectivity index (χ0n) is 10.6. The lowest BCUT2D eigenvalue weighted by Crippen LogP contribution is -2.33. The van der Waals surface area contributed by atoms with Crippen LogP contribution in [0.5, 0.6) is 0 Å². The van der Waals surface area contributed by atoms with E-state index in [-0.39, 0.29) is 16.3 Å². The van der Waals surface area contributed by atoms with Crippen LogP contribution in [0.4, 0.5) is 11.4 Å². The number of nitrogens with two attached hydrogens (primary N) is 1. The van der Waals surface area contributed by atoms with E-state index in [1.807, 2.05) is 4.72 Å². The quantitative estimate of drug-likeness (QED) is 0.469. The number of rotatable bonds is 7. The van der Waals surface area contributed by atoms with E-state index in [0.717, 1.165) is 6.07 Å². The second kappa shape index (κ2) is 6.30. The number of amides is 1. The normalized spacial score (nSPS) is 11.1. The Labute approximate surface area is 115 Å². The Kier molecular flexibility index (Phi) is 5.00. The molecule has 1 aromatic carbocycles. The summed E-state index contributed by atoms with van der Waals surface area (Å²) >= 11 is 0. The Balaban J connectivity index is 3.17. The van der Waals surface area contributed by atoms with E-state index < -0.39 is 27.4 Å². The van der Waals surface area contributed by atoms with Gasteiger partial charge >= 0.3 is 0 Å². The molecule has 0 aliphatic rings. The van der Waals surface area contributed by atoms with Gasteiger partial charge in [-0.2, -0.15) is 0 Å². The molecule has 0 spiro atoms. The number of carbonyl (C=O) groups is 1. The average Bonchev–Trinajstić information content (AvgIpc) is 2.37. The van der Waals surface area contributed by atoms with Crippen molar-refractivity contribution in [1.82, 2.24) is 4.72 Å². The van der Waals surface area contributed by atoms with Gasteiger partial charge < -0.3 is 11.1 Å². The summed E-state index contributed by atoms with van der Waals surface area (Å²) in [4.78, 5) is 20.5. The molecule has 20 heavy (non-hydrogen) atoms. The molecular formula is C10H14N4O5S. The van der Waals surface area contributed by atoms with Crippen LogP contribution in [-0.4, -0.2) is 32.3 Å². The molecule has 0 unspecified atom stereocenters. The Morgan fingerprint density at radius 3 is 2.60 bits per heavy atom. The van der Waals surface area contributed by atoms with Crippen LogP contribution in [0.3, 0.4) is 0 Å². The Morgan fingerprint density at radius 2 is 2.10 bits per heavy atom. The van der Waals surface area contributed by atoms with Crippen molar-refractivity contribution >= 4 is 27.3 Å². The van der Waals surface area contributed by atoms with Crippen LogP contribution >= 0.6 is 0 Å². The van der Waals surface area contributed by atoms with Gasteiger partial charge in [0.15, 0.2) is 0 Å². The minimum atomic E-state index is -4.03. The molecule has 0 saturated carbocycles. The third kappa shape index (κ3) is 3.90. The largest absolute Gasteiger partial charge is 0.380 e. The van der Waals surface area contributed by atoms with Gasteiger partial charge in [0.1, 0.15) is 5.69 Å². The van der Waals surface area contributed by atoms with E-state index >= 15 is 0 Å². The maximum Gasteiger partial charge on any atom is 0.293 e. The SMILES string of the molecule is CCNc1ccc(S(=O)(=O)NCC(N)=O)cc1[N+](=O)[O-]. The van der Waals surface area contributed by atoms with Crippen LogP contribution in [0, 0.1) is 10.1 Å². The number of nitro groups is 1. The highest BCUT2D eigenvalue weighted by molar-refractivity contribution is 7.89. The van der Waals surface area contributed by atoms with Crippen molar-refractivity contribution in [3.63, 3.8) is 0 Å². The topological polar surface area (TPSA) is 144 Å². The molecule has 4 N–H and O–H groups in total. The van der Waals surface area contributed by atoms with E-state index in [2.05, 4.69) is 5.32 Å². The van der Waals surface area contributed by atoms with Gasteiger partial charge in [0, 0.05) is 12.6 Å². The number of carbonyl (C=O) groups excluding carboxylic acids is 1. The minimum Gasteiger partial charge on any atom is -0.380 e. The predicted molar refractivity (Wildman–Crippen MR) is 71.6 cm³/mol. The molecule has 0 fully saturated rings. The summed E-state index contributed by atoms with van der Waals surface area (Å²) in [7, 11) is -4.03. The summed E-state index contributed by atoms with van der Waals surface area (Å²) in [6.07, 6.45) is 0. The lowest BCUT2D eigenvalue weighted by Gasteiger charge is -2.08. The van der Waals surface area contributed by atoms with Crippen LogP contribution in [0.25, 0.3) is 0 Å². The monoisotopic (exact) mass is 302 g/mol. The summed E-state index contributed by atoms with van der Waals surface area (Å²) in [5.41, 5.74) is 4.68. The first-order chi connectivity index (χ1) is 9.27. The van der Waals surface area contributed by atoms with Gasteiger partial charge in [-0.25, -0.2) is 13.1 Å². The van der Waals surface area contributed by atoms with Crippen molar-refractivity contribution in [2.75, 3.05) is 18.4 Å². The number of hydrogen-bond donors (Lipinski definition) is 3. The number of primary amides is 1. The molecule has 0 saturated heterocycles. The molecular weight excluding hydrogens is 288 g/mol. The van der Waals surface area contributed by atoms with Crippen molar-refractivity contribution in [2.45, 2.75) is 11.8 Å². The third-order valence-corrected chi connectivity index (χ3v) is 3.68. The number of nitrogens with zero attached hydrogens (tertiary/aromatic N) is 1. The molecule has 0 aliphatic carbocycles. The lowest BCUT2D eigenvalue weighted by molar-refractivity contribution is -0.384. The molecule has 0 radical (unpaired) electrons. The highest BCUT2D eigenvalue weighted by Gasteiger charge is 2.21. The fourth-order valence-electron chi connectivity index (χ4n) is 1.42. The molecule has 1 rings (SSSR count). The first kappa shape index (κ1) is 15.9. The molecule has 0 aliphatic heterocycles. The third-order valence-electron chi connectivity index (χ3n) is 2.28. The molecule has 1 amide bonds. The molecule has 0 atom stereocenters. The molecule has 9 nitrogen and oxygen atoms in total. The van der Waals surface area contributed by atoms with Gasteiger partial charge in [0.05, 0.1) is 16.4 Å². The van der Waals surface area contributed by atoms with Crippen molar-refractivity contribution in [2.24, 2.45) is 5.73 Å². The highest BCUT2D eigenvalue weighted by atomic mass is 32.2. The smallest absolute Gasteiger partial charge is 0.293 e. The maximum atomic E-state index is 11.8. The van der Waals surface area contributed by atoms with E-state index in [0.29, 0.717) is 6.54 Å². The zero-order valence-corrected chi connectivity index (χ0v) is 11.4. The molecule has 10 heteroatoms. The van der Waals surface area contributed by atoms with Crippen molar-refractivity contribution in [3.8, 4) is 0 Å². The standard InChI is InChI=1S/C10H14N4O5S/c1-2-12-8-4-3-7(5-9(8)14(16)17)20(18,19)13-6-10(11)15/h3-5,12-13H,2,6H2,1H3,(H2,11,15). The highest BCUT2D eigenvalue weighted by Crippen LogP contribution is 2.27. The van der Waals surface area contributed by atoms with Crippen LogP contribution in [0.15, 0.2) is 23.1 Å². The summed E-state index contributed by atoms with van der Waals surface area (Å²) < 4.78 is 25.6. The lowest BCUT2D eigenvalue weighted by atomic mass is 10.2. The zero-order chi connectivity index (χ0) is 15.3. The van der Waals surface area contributed by atoms with Crippen molar-refractivity contribution < 1.29 is 18.1 Å². The first-order valence-corrected chi connectivity index (χ1v) is 7.06. The van der Waals surface area contributed by atoms with Gasteiger partial charge in [0.2, 0.25) is 15.9 Å². The van der Waals surface area contributed by atoms with Gasteiger partial charge in [-0.15, -0.1) is 0 Å². The molecule has 1 aromatic rings. The predicted octanol–water partition coefficient (Wildman–Crippen LogP) is -0.210. The molecule has 110 valence electrons. The number of sulfonamides is 1. The Morgan fingerprint density at radius 1 is 1.45 bits per heavy atom. The van der Waals surface area contributed by atoms with Gasteiger partial charge in [-0.1, -0.05) is 0 Å². The number of hydrogen-bond acceptors (Lipinski definition) is 6. The Bertz CT molecular complexity index is 629. The second-order valence-corrected chi connectivity index (χ2v) is 5.52. The van der Waals surface area contributed by atoms with Gasteiger partial charge in [-0.05, 0) is 19.1 Å². The Hall–Kier alpha value is -2.20. The summed E-state index contributed by atoms with van der Waals surface area (Å²) in [6.45, 7) is 1.63. The number of benzene rings is 1. The maximum absolute atomic E-state index is 11.8. The second-order valence-electron chi connectivity index (χ2n) is 3.76. The van der Waals surface area contributed by atoms with Gasteiger partial charge in [0.25, 0.3) is 5.69 Å². The molecule has 0 heterocycles. The van der Waals surface area contributed by atoms with E-state index in [4.69, 9.17) is 5.73 Å². The van der Waals surface area contributed by atoms with Crippen molar-refractivity contribution in [3.05, 3.63) is 28.3 Å². The van der Waals surface area contributed by atoms with Crippen LogP contribution in [-0.2, 0) is 14.8 Å². The number of anilines is 1. The fraction of sp³-hybridized carbons (Fsp3) is 0.300. The van der Waals surface area contributed by atoms with E-state index in [9.17, 15) is 23.3 Å². The fourth-order valence-corrected chi connectivity index (χ4v) is 2.43. The number of nitrogens with one attached hydrogen (secondary N) is 2. The van der Waals surface area contributed by atoms with Gasteiger partial charge in [-0.3, -0.25) is 14.9 Å². The summed E-state index contributed by atoms with van der Waals surface area (Å²) in [6, 6.07) is 3.41. The minimum absolute atomic E-state index is 0.214. The van der Waals surface area contributed by atoms with Crippen LogP contribution in [0.2, 0.25) is 0 Å². The molecule has 0 bridgehead atoms. The summed E-state index contributed by atoms with van der Waals surface area (Å²) in [5.74, 6) is -0.854. The van der Waals surface area contributed by atoms with Crippen molar-refractivity contribution in [1.29, 1.82) is 0 Å². The van der Waals surface area contributed by atoms with E-state index in [1.54, 1.807) is 6.92 Å². The number of nitro benzene ring substituents is 1. The summed E-state index contributed by atoms with van der Waals surface area (Å²) in [5, 5.41) is 13.7. The van der Waals surface area contributed by atoms with Crippen LogP contribution in [0.1, 0.15) is 6.92 Å². The first-order valence-electron chi connectivity index (χ1n) is 5.58. The average molecular weight is 302 g/mol.